The van der Waals surface area contributed by atoms with Crippen LogP contribution in [0.25, 0.3) is 10.9 Å². The number of hydrogen-bond acceptors (Lipinski definition) is 5. The minimum Gasteiger partial charge on any atom is -0.349 e. The van der Waals surface area contributed by atoms with Crippen molar-refractivity contribution in [2.45, 2.75) is 70.9 Å². The van der Waals surface area contributed by atoms with Crippen molar-refractivity contribution in [3.8, 4) is 6.07 Å². The van der Waals surface area contributed by atoms with Crippen LogP contribution in [0.5, 0.6) is 0 Å². The van der Waals surface area contributed by atoms with E-state index in [0.29, 0.717) is 24.3 Å². The van der Waals surface area contributed by atoms with E-state index in [-0.39, 0.29) is 23.8 Å². The molecule has 8 nitrogen and oxygen atoms in total. The minimum atomic E-state index is -0.500. The molecule has 1 aromatic heterocycles. The van der Waals surface area contributed by atoms with Crippen LogP contribution in [0.1, 0.15) is 68.4 Å². The summed E-state index contributed by atoms with van der Waals surface area (Å²) < 4.78 is 0. The fourth-order valence-electron chi connectivity index (χ4n) is 4.73. The quantitative estimate of drug-likeness (QED) is 0.497. The summed E-state index contributed by atoms with van der Waals surface area (Å²) >= 11 is 0. The molecule has 0 bridgehead atoms. The molecule has 0 saturated heterocycles. The Labute approximate surface area is 202 Å². The van der Waals surface area contributed by atoms with E-state index in [1.807, 2.05) is 26.0 Å². The van der Waals surface area contributed by atoms with Gasteiger partial charge in [-0.3, -0.25) is 14.7 Å². The molecular weight excluding hydrogens is 428 g/mol. The molecule has 1 aliphatic rings. The molecule has 8 heteroatoms. The number of carbonyl (C=O) groups is 2. The number of aromatic amines is 1. The molecule has 0 spiro atoms. The Morgan fingerprint density at radius 2 is 2.03 bits per heavy atom. The van der Waals surface area contributed by atoms with Crippen LogP contribution in [0.3, 0.4) is 0 Å². The number of nitrogens with one attached hydrogen (secondary N) is 3. The number of aromatic nitrogens is 2. The molecule has 184 valence electrons. The third kappa shape index (κ3) is 6.80. The molecular formula is C26H38N6O2. The Balaban J connectivity index is 1.69. The first-order valence-electron chi connectivity index (χ1n) is 12.4. The summed E-state index contributed by atoms with van der Waals surface area (Å²) in [4.78, 5) is 28.3. The van der Waals surface area contributed by atoms with Crippen LogP contribution in [0.2, 0.25) is 0 Å². The first-order valence-corrected chi connectivity index (χ1v) is 12.4. The molecule has 3 rings (SSSR count). The number of benzene rings is 1. The minimum absolute atomic E-state index is 0.134. The molecule has 1 heterocycles. The second-order valence-corrected chi connectivity index (χ2v) is 10.1. The van der Waals surface area contributed by atoms with E-state index >= 15 is 0 Å². The predicted molar refractivity (Wildman–Crippen MR) is 133 cm³/mol. The second kappa shape index (κ2) is 12.0. The zero-order chi connectivity index (χ0) is 24.7. The van der Waals surface area contributed by atoms with Gasteiger partial charge in [-0.1, -0.05) is 26.7 Å². The van der Waals surface area contributed by atoms with E-state index < -0.39 is 6.04 Å². The largest absolute Gasteiger partial charge is 0.349 e. The number of amides is 2. The van der Waals surface area contributed by atoms with Crippen molar-refractivity contribution in [1.29, 1.82) is 5.26 Å². The third-order valence-electron chi connectivity index (χ3n) is 6.53. The van der Waals surface area contributed by atoms with Gasteiger partial charge < -0.3 is 15.5 Å². The predicted octanol–water partition coefficient (Wildman–Crippen LogP) is 3.40. The van der Waals surface area contributed by atoms with E-state index in [1.54, 1.807) is 6.07 Å². The molecule has 1 saturated carbocycles. The zero-order valence-electron chi connectivity index (χ0n) is 20.9. The fourth-order valence-corrected chi connectivity index (χ4v) is 4.73. The fraction of sp³-hybridized carbons (Fsp3) is 0.615. The lowest BCUT2D eigenvalue weighted by Gasteiger charge is -2.32. The molecule has 2 amide bonds. The Hall–Kier alpha value is -2.92. The van der Waals surface area contributed by atoms with E-state index in [4.69, 9.17) is 0 Å². The average Bonchev–Trinajstić information content (AvgIpc) is 3.20. The van der Waals surface area contributed by atoms with Crippen molar-refractivity contribution in [3.05, 3.63) is 29.5 Å². The molecule has 0 radical (unpaired) electrons. The number of H-pyrrole nitrogens is 1. The lowest BCUT2D eigenvalue weighted by molar-refractivity contribution is -0.127. The summed E-state index contributed by atoms with van der Waals surface area (Å²) in [7, 11) is 4.11. The number of carbonyl (C=O) groups excluding carboxylic acids is 2. The molecule has 0 aliphatic heterocycles. The van der Waals surface area contributed by atoms with Gasteiger partial charge in [-0.2, -0.15) is 10.4 Å². The monoisotopic (exact) mass is 466 g/mol. The molecule has 1 aromatic carbocycles. The standard InChI is InChI=1S/C26H38N6O2/c1-17(2)14-19(16-27)28-26(34)20-8-5-6-9-22(20)29-25(33)18-11-12-24-21(15-18)23(30-31-24)10-7-13-32(3)4/h11-12,15,17,19-20,22H,5-10,13-14H2,1-4H3,(H,28,34)(H,29,33)(H,30,31). The third-order valence-corrected chi connectivity index (χ3v) is 6.53. The number of rotatable bonds is 10. The Bertz CT molecular complexity index is 1020. The van der Waals surface area contributed by atoms with Gasteiger partial charge in [-0.25, -0.2) is 0 Å². The highest BCUT2D eigenvalue weighted by atomic mass is 16.2. The first-order chi connectivity index (χ1) is 16.3. The molecule has 1 aliphatic carbocycles. The molecule has 3 N–H and O–H groups in total. The molecule has 2 aromatic rings. The summed E-state index contributed by atoms with van der Waals surface area (Å²) in [6.45, 7) is 5.05. The van der Waals surface area contributed by atoms with Crippen molar-refractivity contribution in [3.63, 3.8) is 0 Å². The zero-order valence-corrected chi connectivity index (χ0v) is 20.9. The van der Waals surface area contributed by atoms with Crippen molar-refractivity contribution < 1.29 is 9.59 Å². The SMILES string of the molecule is CC(C)CC(C#N)NC(=O)C1CCCCC1NC(=O)c1ccc2n[nH]c(CCCN(C)C)c2c1. The highest BCUT2D eigenvalue weighted by Crippen LogP contribution is 2.26. The number of fused-ring (bicyclic) bond motifs is 1. The molecule has 3 atom stereocenters. The van der Waals surface area contributed by atoms with Crippen LogP contribution in [-0.4, -0.2) is 59.6 Å². The van der Waals surface area contributed by atoms with E-state index in [9.17, 15) is 14.9 Å². The molecule has 34 heavy (non-hydrogen) atoms. The van der Waals surface area contributed by atoms with Gasteiger partial charge >= 0.3 is 0 Å². The van der Waals surface area contributed by atoms with Gasteiger partial charge in [0.2, 0.25) is 5.91 Å². The number of hydrogen-bond donors (Lipinski definition) is 3. The summed E-state index contributed by atoms with van der Waals surface area (Å²) in [5.41, 5.74) is 2.45. The van der Waals surface area contributed by atoms with Gasteiger partial charge in [0.1, 0.15) is 6.04 Å². The van der Waals surface area contributed by atoms with Gasteiger partial charge in [0, 0.05) is 22.7 Å². The maximum atomic E-state index is 13.2. The Kier molecular flexibility index (Phi) is 9.05. The topological polar surface area (TPSA) is 114 Å². The van der Waals surface area contributed by atoms with Gasteiger partial charge in [0.25, 0.3) is 5.91 Å². The normalized spacial score (nSPS) is 19.2. The highest BCUT2D eigenvalue weighted by Gasteiger charge is 2.33. The van der Waals surface area contributed by atoms with Gasteiger partial charge in [0.05, 0.1) is 17.5 Å². The number of nitriles is 1. The molecule has 1 fully saturated rings. The van der Waals surface area contributed by atoms with Crippen molar-refractivity contribution in [2.24, 2.45) is 11.8 Å². The second-order valence-electron chi connectivity index (χ2n) is 10.1. The van der Waals surface area contributed by atoms with Crippen LogP contribution >= 0.6 is 0 Å². The van der Waals surface area contributed by atoms with E-state index in [1.165, 1.54) is 0 Å². The summed E-state index contributed by atoms with van der Waals surface area (Å²) in [6.07, 6.45) is 5.87. The average molecular weight is 467 g/mol. The van der Waals surface area contributed by atoms with Crippen LogP contribution in [-0.2, 0) is 11.2 Å². The maximum absolute atomic E-state index is 13.2. The maximum Gasteiger partial charge on any atom is 0.251 e. The highest BCUT2D eigenvalue weighted by molar-refractivity contribution is 5.99. The summed E-state index contributed by atoms with van der Waals surface area (Å²) in [6, 6.07) is 7.00. The van der Waals surface area contributed by atoms with Crippen molar-refractivity contribution in [1.82, 2.24) is 25.7 Å². The Morgan fingerprint density at radius 3 is 2.74 bits per heavy atom. The lowest BCUT2D eigenvalue weighted by Crippen LogP contribution is -2.50. The van der Waals surface area contributed by atoms with E-state index in [2.05, 4.69) is 45.9 Å². The van der Waals surface area contributed by atoms with Gasteiger partial charge in [0.15, 0.2) is 0 Å². The van der Waals surface area contributed by atoms with Gasteiger partial charge in [-0.05, 0) is 76.9 Å². The molecule has 3 unspecified atom stereocenters. The van der Waals surface area contributed by atoms with Gasteiger partial charge in [-0.15, -0.1) is 0 Å². The van der Waals surface area contributed by atoms with Crippen LogP contribution in [0.4, 0.5) is 0 Å². The van der Waals surface area contributed by atoms with Crippen LogP contribution in [0.15, 0.2) is 18.2 Å². The van der Waals surface area contributed by atoms with Crippen molar-refractivity contribution in [2.75, 3.05) is 20.6 Å². The van der Waals surface area contributed by atoms with Crippen LogP contribution < -0.4 is 10.6 Å². The number of aryl methyl sites for hydroxylation is 1. The summed E-state index contributed by atoms with van der Waals surface area (Å²) in [5, 5.41) is 23.9. The Morgan fingerprint density at radius 1 is 1.26 bits per heavy atom. The van der Waals surface area contributed by atoms with Crippen molar-refractivity contribution >= 4 is 22.7 Å². The smallest absolute Gasteiger partial charge is 0.251 e. The number of nitrogens with zero attached hydrogens (tertiary/aromatic N) is 3. The van der Waals surface area contributed by atoms with E-state index in [0.717, 1.165) is 55.2 Å². The first kappa shape index (κ1) is 25.7. The van der Waals surface area contributed by atoms with Crippen LogP contribution in [0, 0.1) is 23.2 Å². The summed E-state index contributed by atoms with van der Waals surface area (Å²) in [5.74, 6) is -0.311. The lowest BCUT2D eigenvalue weighted by atomic mass is 9.83.